The van der Waals surface area contributed by atoms with Crippen LogP contribution in [-0.4, -0.2) is 38.5 Å². The largest absolute Gasteiger partial charge is 0.377 e. The maximum absolute atomic E-state index is 5.88. The number of rotatable bonds is 6. The summed E-state index contributed by atoms with van der Waals surface area (Å²) in [6.07, 6.45) is 8.51. The second kappa shape index (κ2) is 7.33. The van der Waals surface area contributed by atoms with Gasteiger partial charge in [0.1, 0.15) is 5.65 Å². The molecule has 5 nitrogen and oxygen atoms in total. The van der Waals surface area contributed by atoms with E-state index in [9.17, 15) is 0 Å². The predicted molar refractivity (Wildman–Crippen MR) is 97.3 cm³/mol. The van der Waals surface area contributed by atoms with Crippen molar-refractivity contribution in [3.05, 3.63) is 65.9 Å². The van der Waals surface area contributed by atoms with Crippen molar-refractivity contribution < 1.29 is 4.74 Å². The van der Waals surface area contributed by atoms with Crippen LogP contribution in [0.3, 0.4) is 0 Å². The van der Waals surface area contributed by atoms with Crippen molar-refractivity contribution in [1.29, 1.82) is 0 Å². The van der Waals surface area contributed by atoms with E-state index in [-0.39, 0.29) is 0 Å². The van der Waals surface area contributed by atoms with Gasteiger partial charge in [-0.3, -0.25) is 9.88 Å². The summed E-state index contributed by atoms with van der Waals surface area (Å²) in [6, 6.07) is 10.3. The van der Waals surface area contributed by atoms with Gasteiger partial charge in [-0.2, -0.15) is 0 Å². The summed E-state index contributed by atoms with van der Waals surface area (Å²) in [4.78, 5) is 11.4. The molecule has 4 rings (SSSR count). The number of fused-ring (bicyclic) bond motifs is 1. The molecule has 0 amide bonds. The summed E-state index contributed by atoms with van der Waals surface area (Å²) in [5.74, 6) is 0. The van der Waals surface area contributed by atoms with Gasteiger partial charge < -0.3 is 9.14 Å². The summed E-state index contributed by atoms with van der Waals surface area (Å²) < 4.78 is 8.07. The van der Waals surface area contributed by atoms with Crippen molar-refractivity contribution >= 4 is 5.65 Å². The highest BCUT2D eigenvalue weighted by Crippen LogP contribution is 2.19. The molecule has 1 aliphatic rings. The van der Waals surface area contributed by atoms with Gasteiger partial charge in [0.05, 0.1) is 17.5 Å². The number of aromatic nitrogens is 3. The van der Waals surface area contributed by atoms with E-state index < -0.39 is 0 Å². The standard InChI is InChI=1S/C20H24N4O/c1-16-19(24-10-3-2-8-20(24)22-16)15-23(14-18-7-5-11-25-18)13-17-6-4-9-21-12-17/h2-4,6,8-10,12,18H,5,7,11,13-15H2,1H3/t18-/m0/s1. The average molecular weight is 336 g/mol. The first kappa shape index (κ1) is 16.2. The zero-order valence-corrected chi connectivity index (χ0v) is 14.6. The van der Waals surface area contributed by atoms with Crippen LogP contribution in [0.25, 0.3) is 5.65 Å². The lowest BCUT2D eigenvalue weighted by molar-refractivity contribution is 0.0673. The molecule has 5 heteroatoms. The zero-order valence-electron chi connectivity index (χ0n) is 14.6. The Hall–Kier alpha value is -2.24. The second-order valence-corrected chi connectivity index (χ2v) is 6.74. The van der Waals surface area contributed by atoms with Gasteiger partial charge in [-0.15, -0.1) is 0 Å². The highest BCUT2D eigenvalue weighted by molar-refractivity contribution is 5.42. The van der Waals surface area contributed by atoms with Crippen LogP contribution in [0.15, 0.2) is 48.9 Å². The van der Waals surface area contributed by atoms with E-state index in [2.05, 4.69) is 45.6 Å². The lowest BCUT2D eigenvalue weighted by Crippen LogP contribution is -2.32. The van der Waals surface area contributed by atoms with E-state index in [1.807, 2.05) is 24.5 Å². The minimum Gasteiger partial charge on any atom is -0.377 e. The minimum absolute atomic E-state index is 0.330. The van der Waals surface area contributed by atoms with Gasteiger partial charge in [0.15, 0.2) is 0 Å². The number of imidazole rings is 1. The van der Waals surface area contributed by atoms with Crippen molar-refractivity contribution in [3.8, 4) is 0 Å². The normalized spacial score (nSPS) is 17.6. The maximum Gasteiger partial charge on any atom is 0.137 e. The fourth-order valence-electron chi connectivity index (χ4n) is 3.58. The molecule has 4 heterocycles. The summed E-state index contributed by atoms with van der Waals surface area (Å²) in [5.41, 5.74) is 4.58. The third-order valence-electron chi connectivity index (χ3n) is 4.82. The second-order valence-electron chi connectivity index (χ2n) is 6.74. The molecule has 0 aromatic carbocycles. The molecule has 1 fully saturated rings. The molecule has 0 radical (unpaired) electrons. The van der Waals surface area contributed by atoms with Gasteiger partial charge in [0.2, 0.25) is 0 Å². The Bertz CT molecular complexity index is 824. The molecular weight excluding hydrogens is 312 g/mol. The number of nitrogens with zero attached hydrogens (tertiary/aromatic N) is 4. The lowest BCUT2D eigenvalue weighted by Gasteiger charge is -2.25. The highest BCUT2D eigenvalue weighted by atomic mass is 16.5. The van der Waals surface area contributed by atoms with Crippen molar-refractivity contribution in [2.75, 3.05) is 13.2 Å². The Labute approximate surface area is 148 Å². The molecule has 1 saturated heterocycles. The van der Waals surface area contributed by atoms with E-state index in [1.165, 1.54) is 17.7 Å². The quantitative estimate of drug-likeness (QED) is 0.693. The fraction of sp³-hybridized carbons (Fsp3) is 0.400. The van der Waals surface area contributed by atoms with Gasteiger partial charge in [0, 0.05) is 44.8 Å². The molecule has 0 N–H and O–H groups in total. The minimum atomic E-state index is 0.330. The van der Waals surface area contributed by atoms with Crippen LogP contribution in [-0.2, 0) is 17.8 Å². The smallest absolute Gasteiger partial charge is 0.137 e. The van der Waals surface area contributed by atoms with Gasteiger partial charge >= 0.3 is 0 Å². The molecule has 0 bridgehead atoms. The van der Waals surface area contributed by atoms with E-state index in [0.29, 0.717) is 6.10 Å². The molecule has 0 saturated carbocycles. The molecule has 3 aromatic rings. The zero-order chi connectivity index (χ0) is 17.1. The van der Waals surface area contributed by atoms with Crippen molar-refractivity contribution in [2.45, 2.75) is 39.0 Å². The number of aryl methyl sites for hydroxylation is 1. The van der Waals surface area contributed by atoms with Crippen molar-refractivity contribution in [2.24, 2.45) is 0 Å². The van der Waals surface area contributed by atoms with Gasteiger partial charge in [0.25, 0.3) is 0 Å². The number of ether oxygens (including phenoxy) is 1. The highest BCUT2D eigenvalue weighted by Gasteiger charge is 2.21. The first-order valence-corrected chi connectivity index (χ1v) is 8.95. The third kappa shape index (κ3) is 3.72. The van der Waals surface area contributed by atoms with Crippen LogP contribution in [0.4, 0.5) is 0 Å². The van der Waals surface area contributed by atoms with Gasteiger partial charge in [-0.1, -0.05) is 12.1 Å². The molecule has 0 unspecified atom stereocenters. The van der Waals surface area contributed by atoms with Crippen LogP contribution in [0, 0.1) is 6.92 Å². The van der Waals surface area contributed by atoms with Crippen LogP contribution in [0.2, 0.25) is 0 Å². The Morgan fingerprint density at radius 3 is 3.00 bits per heavy atom. The molecule has 0 spiro atoms. The van der Waals surface area contributed by atoms with Crippen molar-refractivity contribution in [1.82, 2.24) is 19.3 Å². The van der Waals surface area contributed by atoms with Crippen LogP contribution < -0.4 is 0 Å². The SMILES string of the molecule is Cc1nc2ccccn2c1CN(Cc1cccnc1)C[C@@H]1CCCO1. The first-order valence-electron chi connectivity index (χ1n) is 8.95. The monoisotopic (exact) mass is 336 g/mol. The average Bonchev–Trinajstić information content (AvgIpc) is 3.24. The lowest BCUT2D eigenvalue weighted by atomic mass is 10.2. The molecular formula is C20H24N4O. The van der Waals surface area contributed by atoms with Crippen LogP contribution in [0.1, 0.15) is 29.8 Å². The Kier molecular flexibility index (Phi) is 4.76. The van der Waals surface area contributed by atoms with E-state index in [4.69, 9.17) is 9.72 Å². The number of hydrogen-bond acceptors (Lipinski definition) is 4. The van der Waals surface area contributed by atoms with E-state index in [1.54, 1.807) is 0 Å². The van der Waals surface area contributed by atoms with E-state index >= 15 is 0 Å². The first-order chi connectivity index (χ1) is 12.3. The molecule has 0 aliphatic carbocycles. The van der Waals surface area contributed by atoms with Crippen molar-refractivity contribution in [3.63, 3.8) is 0 Å². The predicted octanol–water partition coefficient (Wildman–Crippen LogP) is 3.22. The maximum atomic E-state index is 5.88. The Morgan fingerprint density at radius 1 is 1.24 bits per heavy atom. The molecule has 1 aliphatic heterocycles. The fourth-order valence-corrected chi connectivity index (χ4v) is 3.58. The summed E-state index contributed by atoms with van der Waals surface area (Å²) in [7, 11) is 0. The van der Waals surface area contributed by atoms with Gasteiger partial charge in [-0.25, -0.2) is 4.98 Å². The molecule has 1 atom stereocenters. The summed E-state index contributed by atoms with van der Waals surface area (Å²) >= 11 is 0. The Balaban J connectivity index is 1.59. The Morgan fingerprint density at radius 2 is 2.20 bits per heavy atom. The molecule has 25 heavy (non-hydrogen) atoms. The van der Waals surface area contributed by atoms with Crippen LogP contribution in [0.5, 0.6) is 0 Å². The number of hydrogen-bond donors (Lipinski definition) is 0. The topological polar surface area (TPSA) is 42.7 Å². The molecule has 3 aromatic heterocycles. The summed E-state index contributed by atoms with van der Waals surface area (Å²) in [6.45, 7) is 5.64. The third-order valence-corrected chi connectivity index (χ3v) is 4.82. The van der Waals surface area contributed by atoms with Crippen LogP contribution >= 0.6 is 0 Å². The number of pyridine rings is 2. The van der Waals surface area contributed by atoms with Gasteiger partial charge in [-0.05, 0) is 43.5 Å². The van der Waals surface area contributed by atoms with E-state index in [0.717, 1.165) is 44.0 Å². The summed E-state index contributed by atoms with van der Waals surface area (Å²) in [5, 5.41) is 0. The molecule has 130 valence electrons.